The number of thioether (sulfide) groups is 1. The van der Waals surface area contributed by atoms with Crippen molar-refractivity contribution in [2.24, 2.45) is 5.92 Å². The molecule has 0 aromatic carbocycles. The molecule has 0 saturated heterocycles. The average Bonchev–Trinajstić information content (AvgIpc) is 2.93. The zero-order valence-corrected chi connectivity index (χ0v) is 13.6. The monoisotopic (exact) mass is 338 g/mol. The van der Waals surface area contributed by atoms with Gasteiger partial charge in [-0.1, -0.05) is 13.8 Å². The molecule has 8 nitrogen and oxygen atoms in total. The van der Waals surface area contributed by atoms with Crippen LogP contribution in [0.4, 0.5) is 0 Å². The number of hydrogen-bond donors (Lipinski definition) is 3. The Labute approximate surface area is 136 Å². The number of nitrogens with one attached hydrogen (secondary N) is 1. The average molecular weight is 338 g/mol. The van der Waals surface area contributed by atoms with Gasteiger partial charge in [0.2, 0.25) is 0 Å². The molecule has 0 radical (unpaired) electrons. The van der Waals surface area contributed by atoms with E-state index < -0.39 is 18.4 Å². The lowest BCUT2D eigenvalue weighted by atomic mass is 10.2. The Kier molecular flexibility index (Phi) is 5.43. The number of nitrogens with zero attached hydrogens (tertiary/aromatic N) is 3. The molecule has 0 atom stereocenters. The molecule has 1 amide bonds. The van der Waals surface area contributed by atoms with Gasteiger partial charge in [-0.2, -0.15) is 5.10 Å². The first-order chi connectivity index (χ1) is 10.9. The molecular weight excluding hydrogens is 320 g/mol. The van der Waals surface area contributed by atoms with Gasteiger partial charge in [0.25, 0.3) is 5.91 Å². The zero-order chi connectivity index (χ0) is 17.0. The maximum Gasteiger partial charge on any atom is 0.322 e. The van der Waals surface area contributed by atoms with Gasteiger partial charge in [-0.15, -0.1) is 11.8 Å². The molecule has 0 saturated carbocycles. The third-order valence-corrected chi connectivity index (χ3v) is 4.10. The highest BCUT2D eigenvalue weighted by molar-refractivity contribution is 7.99. The molecule has 3 N–H and O–H groups in total. The SMILES string of the molecule is CC(C)CCSc1cc(O)c(C(=O)NCC(=O)O)c2ncnn12. The largest absolute Gasteiger partial charge is 0.507 e. The summed E-state index contributed by atoms with van der Waals surface area (Å²) in [6.45, 7) is 3.71. The minimum Gasteiger partial charge on any atom is -0.507 e. The van der Waals surface area contributed by atoms with Crippen molar-refractivity contribution in [3.05, 3.63) is 18.0 Å². The second kappa shape index (κ2) is 7.32. The number of carbonyl (C=O) groups excluding carboxylic acids is 1. The second-order valence-corrected chi connectivity index (χ2v) is 6.46. The van der Waals surface area contributed by atoms with E-state index in [9.17, 15) is 14.7 Å². The van der Waals surface area contributed by atoms with Crippen LogP contribution in [0.3, 0.4) is 0 Å². The standard InChI is InChI=1S/C14H18N4O4S/c1-8(2)3-4-23-10-5-9(19)12(13-16-7-17-18(10)13)14(22)15-6-11(20)21/h5,7-8,19H,3-4,6H2,1-2H3,(H,15,22)(H,20,21). The van der Waals surface area contributed by atoms with Gasteiger partial charge in [0, 0.05) is 6.07 Å². The molecule has 0 bridgehead atoms. The molecular formula is C14H18N4O4S. The molecule has 9 heteroatoms. The molecule has 0 aliphatic rings. The molecule has 2 aromatic heterocycles. The van der Waals surface area contributed by atoms with Gasteiger partial charge in [0.1, 0.15) is 29.2 Å². The summed E-state index contributed by atoms with van der Waals surface area (Å²) in [5, 5.41) is 25.7. The number of amides is 1. The van der Waals surface area contributed by atoms with Gasteiger partial charge >= 0.3 is 5.97 Å². The highest BCUT2D eigenvalue weighted by atomic mass is 32.2. The highest BCUT2D eigenvalue weighted by Crippen LogP contribution is 2.29. The highest BCUT2D eigenvalue weighted by Gasteiger charge is 2.20. The van der Waals surface area contributed by atoms with Crippen molar-refractivity contribution < 1.29 is 19.8 Å². The molecule has 2 aromatic rings. The van der Waals surface area contributed by atoms with E-state index in [0.29, 0.717) is 10.9 Å². The number of carboxylic acid groups (broad SMARTS) is 1. The molecule has 0 spiro atoms. The molecule has 0 unspecified atom stereocenters. The Morgan fingerprint density at radius 3 is 2.83 bits per heavy atom. The normalized spacial score (nSPS) is 11.1. The van der Waals surface area contributed by atoms with Crippen LogP contribution in [0.2, 0.25) is 0 Å². The van der Waals surface area contributed by atoms with E-state index in [-0.39, 0.29) is 17.0 Å². The topological polar surface area (TPSA) is 117 Å². The van der Waals surface area contributed by atoms with Gasteiger partial charge in [-0.3, -0.25) is 9.59 Å². The first-order valence-corrected chi connectivity index (χ1v) is 8.07. The van der Waals surface area contributed by atoms with Crippen LogP contribution in [0.15, 0.2) is 17.4 Å². The molecule has 0 aliphatic carbocycles. The van der Waals surface area contributed by atoms with Gasteiger partial charge in [-0.25, -0.2) is 9.50 Å². The maximum absolute atomic E-state index is 12.1. The summed E-state index contributed by atoms with van der Waals surface area (Å²) in [5.41, 5.74) is 0.108. The van der Waals surface area contributed by atoms with Crippen LogP contribution >= 0.6 is 11.8 Å². The van der Waals surface area contributed by atoms with Gasteiger partial charge in [0.05, 0.1) is 0 Å². The van der Waals surface area contributed by atoms with Gasteiger partial charge < -0.3 is 15.5 Å². The summed E-state index contributed by atoms with van der Waals surface area (Å²) in [4.78, 5) is 26.6. The minimum absolute atomic E-state index is 0.0861. The summed E-state index contributed by atoms with van der Waals surface area (Å²) < 4.78 is 1.47. The van der Waals surface area contributed by atoms with E-state index in [1.807, 2.05) is 0 Å². The molecule has 2 rings (SSSR count). The van der Waals surface area contributed by atoms with E-state index in [0.717, 1.165) is 12.2 Å². The number of hydrogen-bond acceptors (Lipinski definition) is 6. The van der Waals surface area contributed by atoms with Crippen LogP contribution in [-0.4, -0.2) is 49.0 Å². The van der Waals surface area contributed by atoms with Crippen molar-refractivity contribution >= 4 is 29.3 Å². The fourth-order valence-electron chi connectivity index (χ4n) is 1.90. The fraction of sp³-hybridized carbons (Fsp3) is 0.429. The van der Waals surface area contributed by atoms with Gasteiger partial charge in [0.15, 0.2) is 5.65 Å². The lowest BCUT2D eigenvalue weighted by Crippen LogP contribution is -2.29. The molecule has 124 valence electrons. The van der Waals surface area contributed by atoms with Crippen molar-refractivity contribution in [3.8, 4) is 5.75 Å². The minimum atomic E-state index is -1.17. The first kappa shape index (κ1) is 17.1. The van der Waals surface area contributed by atoms with Gasteiger partial charge in [-0.05, 0) is 18.1 Å². The first-order valence-electron chi connectivity index (χ1n) is 7.08. The van der Waals surface area contributed by atoms with Crippen molar-refractivity contribution in [1.29, 1.82) is 0 Å². The lowest BCUT2D eigenvalue weighted by molar-refractivity contribution is -0.135. The summed E-state index contributed by atoms with van der Waals surface area (Å²) in [6, 6.07) is 1.45. The number of aromatic hydroxyl groups is 1. The number of carboxylic acids is 1. The van der Waals surface area contributed by atoms with Crippen LogP contribution in [0.1, 0.15) is 30.6 Å². The summed E-state index contributed by atoms with van der Waals surface area (Å²) in [7, 11) is 0. The molecule has 23 heavy (non-hydrogen) atoms. The van der Waals surface area contributed by atoms with Crippen LogP contribution in [0.25, 0.3) is 5.65 Å². The van der Waals surface area contributed by atoms with E-state index in [1.165, 1.54) is 28.7 Å². The van der Waals surface area contributed by atoms with Crippen LogP contribution in [0, 0.1) is 5.92 Å². The Morgan fingerprint density at radius 1 is 1.43 bits per heavy atom. The van der Waals surface area contributed by atoms with E-state index in [4.69, 9.17) is 5.11 Å². The Morgan fingerprint density at radius 2 is 2.17 bits per heavy atom. The van der Waals surface area contributed by atoms with Crippen LogP contribution in [-0.2, 0) is 4.79 Å². The smallest absolute Gasteiger partial charge is 0.322 e. The molecule has 0 aliphatic heterocycles. The summed E-state index contributed by atoms with van der Waals surface area (Å²) in [5.74, 6) is -0.724. The van der Waals surface area contributed by atoms with Crippen molar-refractivity contribution in [1.82, 2.24) is 19.9 Å². The lowest BCUT2D eigenvalue weighted by Gasteiger charge is -2.10. The Bertz CT molecular complexity index is 729. The Balaban J connectivity index is 2.30. The van der Waals surface area contributed by atoms with Crippen LogP contribution in [0.5, 0.6) is 5.75 Å². The summed E-state index contributed by atoms with van der Waals surface area (Å²) in [6.07, 6.45) is 2.29. The van der Waals surface area contributed by atoms with Crippen molar-refractivity contribution in [2.45, 2.75) is 25.3 Å². The fourth-order valence-corrected chi connectivity index (χ4v) is 3.15. The summed E-state index contributed by atoms with van der Waals surface area (Å²) >= 11 is 1.51. The van der Waals surface area contributed by atoms with E-state index in [1.54, 1.807) is 0 Å². The predicted molar refractivity (Wildman–Crippen MR) is 84.8 cm³/mol. The number of aromatic nitrogens is 3. The number of carbonyl (C=O) groups is 2. The van der Waals surface area contributed by atoms with Crippen molar-refractivity contribution in [3.63, 3.8) is 0 Å². The van der Waals surface area contributed by atoms with E-state index in [2.05, 4.69) is 29.2 Å². The number of pyridine rings is 1. The number of aliphatic carboxylic acids is 1. The van der Waals surface area contributed by atoms with Crippen molar-refractivity contribution in [2.75, 3.05) is 12.3 Å². The number of rotatable bonds is 7. The Hall–Kier alpha value is -2.29. The number of fused-ring (bicyclic) bond motifs is 1. The second-order valence-electron chi connectivity index (χ2n) is 5.35. The maximum atomic E-state index is 12.1. The molecule has 0 fully saturated rings. The predicted octanol–water partition coefficient (Wildman–Crippen LogP) is 1.39. The molecule has 2 heterocycles. The third kappa shape index (κ3) is 4.13. The quantitative estimate of drug-likeness (QED) is 0.653. The third-order valence-electron chi connectivity index (χ3n) is 3.07. The van der Waals surface area contributed by atoms with Crippen LogP contribution < -0.4 is 5.32 Å². The van der Waals surface area contributed by atoms with E-state index >= 15 is 0 Å². The zero-order valence-electron chi connectivity index (χ0n) is 12.8.